The number of aromatic nitrogens is 2. The summed E-state index contributed by atoms with van der Waals surface area (Å²) >= 11 is 0. The normalized spacial score (nSPS) is 15.9. The molecule has 0 unspecified atom stereocenters. The van der Waals surface area contributed by atoms with E-state index in [1.54, 1.807) is 0 Å². The maximum Gasteiger partial charge on any atom is 0.439 e. The zero-order valence-corrected chi connectivity index (χ0v) is 13.4. The molecule has 0 spiro atoms. The molecule has 120 valence electrons. The molecule has 23 heavy (non-hydrogen) atoms. The molecule has 1 aliphatic heterocycles. The molecule has 0 N–H and O–H groups in total. The molecule has 4 rings (SSSR count). The molecule has 1 saturated heterocycles. The van der Waals surface area contributed by atoms with Crippen LogP contribution in [-0.4, -0.2) is 34.1 Å². The van der Waals surface area contributed by atoms with Gasteiger partial charge in [-0.3, -0.25) is 0 Å². The summed E-state index contributed by atoms with van der Waals surface area (Å²) in [7, 11) is 0. The molecule has 2 aromatic heterocycles. The van der Waals surface area contributed by atoms with E-state index in [0.717, 1.165) is 41.5 Å². The van der Waals surface area contributed by atoms with Crippen molar-refractivity contribution in [3.63, 3.8) is 0 Å². The van der Waals surface area contributed by atoms with E-state index in [1.807, 2.05) is 13.0 Å². The van der Waals surface area contributed by atoms with Crippen molar-refractivity contribution in [1.82, 2.24) is 14.5 Å². The molecule has 5 nitrogen and oxygen atoms in total. The fourth-order valence-corrected chi connectivity index (χ4v) is 3.58. The molecular weight excluding hydrogens is 290 g/mol. The quantitative estimate of drug-likeness (QED) is 0.743. The van der Waals surface area contributed by atoms with Crippen molar-refractivity contribution in [3.8, 4) is 0 Å². The Morgan fingerprint density at radius 1 is 1.17 bits per heavy atom. The van der Waals surface area contributed by atoms with Gasteiger partial charge in [0, 0.05) is 30.1 Å². The number of benzene rings is 1. The third-order valence-corrected chi connectivity index (χ3v) is 4.80. The third-order valence-electron chi connectivity index (χ3n) is 4.80. The predicted molar refractivity (Wildman–Crippen MR) is 90.8 cm³/mol. The number of rotatable bonds is 4. The highest BCUT2D eigenvalue weighted by atomic mass is 16.4. The van der Waals surface area contributed by atoms with E-state index in [4.69, 9.17) is 4.42 Å². The van der Waals surface area contributed by atoms with Crippen molar-refractivity contribution >= 4 is 21.9 Å². The average molecular weight is 311 g/mol. The van der Waals surface area contributed by atoms with E-state index in [-0.39, 0.29) is 0 Å². The summed E-state index contributed by atoms with van der Waals surface area (Å²) < 4.78 is 7.69. The SMILES string of the molecule is CCc1nc(=O)oc2c1ccc1ccn(CCN3CCCC3)c12. The van der Waals surface area contributed by atoms with Gasteiger partial charge in [0.25, 0.3) is 0 Å². The van der Waals surface area contributed by atoms with Crippen molar-refractivity contribution in [3.05, 3.63) is 40.6 Å². The van der Waals surface area contributed by atoms with Crippen LogP contribution in [-0.2, 0) is 13.0 Å². The molecule has 1 aromatic carbocycles. The van der Waals surface area contributed by atoms with Crippen LogP contribution in [0.1, 0.15) is 25.5 Å². The molecule has 0 aliphatic carbocycles. The summed E-state index contributed by atoms with van der Waals surface area (Å²) in [6.07, 6.45) is 5.42. The summed E-state index contributed by atoms with van der Waals surface area (Å²) in [6, 6.07) is 6.19. The number of likely N-dealkylation sites (tertiary alicyclic amines) is 1. The van der Waals surface area contributed by atoms with Gasteiger partial charge in [-0.05, 0) is 44.5 Å². The Balaban J connectivity index is 1.82. The lowest BCUT2D eigenvalue weighted by Crippen LogP contribution is -2.23. The minimum atomic E-state index is -0.505. The van der Waals surface area contributed by atoms with Crippen molar-refractivity contribution in [2.24, 2.45) is 0 Å². The molecule has 0 saturated carbocycles. The Morgan fingerprint density at radius 2 is 2.00 bits per heavy atom. The van der Waals surface area contributed by atoms with Crippen LogP contribution in [0.15, 0.2) is 33.6 Å². The number of fused-ring (bicyclic) bond motifs is 3. The highest BCUT2D eigenvalue weighted by Crippen LogP contribution is 2.27. The minimum Gasteiger partial charge on any atom is -0.406 e. The van der Waals surface area contributed by atoms with Crippen molar-refractivity contribution in [2.75, 3.05) is 19.6 Å². The van der Waals surface area contributed by atoms with Crippen LogP contribution < -0.4 is 5.76 Å². The summed E-state index contributed by atoms with van der Waals surface area (Å²) in [5.41, 5.74) is 2.49. The molecule has 1 aliphatic rings. The molecule has 1 fully saturated rings. The summed E-state index contributed by atoms with van der Waals surface area (Å²) in [4.78, 5) is 18.3. The molecule has 0 bridgehead atoms. The largest absolute Gasteiger partial charge is 0.439 e. The van der Waals surface area contributed by atoms with Crippen molar-refractivity contribution < 1.29 is 4.42 Å². The molecule has 0 amide bonds. The molecule has 3 heterocycles. The van der Waals surface area contributed by atoms with Crippen LogP contribution in [0, 0.1) is 0 Å². The number of aryl methyl sites for hydroxylation is 1. The van der Waals surface area contributed by atoms with Crippen LogP contribution >= 0.6 is 0 Å². The van der Waals surface area contributed by atoms with Gasteiger partial charge >= 0.3 is 5.76 Å². The van der Waals surface area contributed by atoms with Crippen molar-refractivity contribution in [1.29, 1.82) is 0 Å². The number of hydrogen-bond donors (Lipinski definition) is 0. The van der Waals surface area contributed by atoms with Crippen LogP contribution in [0.4, 0.5) is 0 Å². The predicted octanol–water partition coefficient (Wildman–Crippen LogP) is 2.80. The van der Waals surface area contributed by atoms with Crippen molar-refractivity contribution in [2.45, 2.75) is 32.7 Å². The topological polar surface area (TPSA) is 51.3 Å². The second-order valence-corrected chi connectivity index (χ2v) is 6.22. The Bertz CT molecular complexity index is 904. The van der Waals surface area contributed by atoms with Gasteiger partial charge in [0.2, 0.25) is 0 Å². The van der Waals surface area contributed by atoms with E-state index >= 15 is 0 Å². The van der Waals surface area contributed by atoms with Gasteiger partial charge in [-0.2, -0.15) is 4.98 Å². The zero-order valence-electron chi connectivity index (χ0n) is 13.4. The summed E-state index contributed by atoms with van der Waals surface area (Å²) in [5, 5.41) is 2.05. The molecular formula is C18H21N3O2. The van der Waals surface area contributed by atoms with E-state index in [2.05, 4.69) is 32.8 Å². The van der Waals surface area contributed by atoms with Gasteiger partial charge in [0.15, 0.2) is 5.58 Å². The summed E-state index contributed by atoms with van der Waals surface area (Å²) in [6.45, 7) is 6.35. The second kappa shape index (κ2) is 5.81. The van der Waals surface area contributed by atoms with Gasteiger partial charge in [-0.15, -0.1) is 0 Å². The van der Waals surface area contributed by atoms with Gasteiger partial charge in [0.05, 0.1) is 11.2 Å². The standard InChI is InChI=1S/C18H21N3O2/c1-2-15-14-6-5-13-7-10-21(12-11-20-8-3-4-9-20)16(13)17(14)23-18(22)19-15/h5-7,10H,2-4,8-9,11-12H2,1H3. The van der Waals surface area contributed by atoms with Gasteiger partial charge in [-0.1, -0.05) is 13.0 Å². The van der Waals surface area contributed by atoms with Crippen LogP contribution in [0.5, 0.6) is 0 Å². The first-order chi connectivity index (χ1) is 11.3. The first-order valence-corrected chi connectivity index (χ1v) is 8.40. The Labute approximate surface area is 134 Å². The minimum absolute atomic E-state index is 0.505. The third kappa shape index (κ3) is 2.55. The zero-order chi connectivity index (χ0) is 15.8. The fraction of sp³-hybridized carbons (Fsp3) is 0.444. The smallest absolute Gasteiger partial charge is 0.406 e. The molecule has 0 atom stereocenters. The van der Waals surface area contributed by atoms with E-state index < -0.39 is 5.76 Å². The first-order valence-electron chi connectivity index (χ1n) is 8.40. The van der Waals surface area contributed by atoms with Gasteiger partial charge < -0.3 is 13.9 Å². The Hall–Kier alpha value is -2.14. The van der Waals surface area contributed by atoms with Gasteiger partial charge in [-0.25, -0.2) is 4.79 Å². The van der Waals surface area contributed by atoms with Crippen LogP contribution in [0.3, 0.4) is 0 Å². The lowest BCUT2D eigenvalue weighted by molar-refractivity contribution is 0.324. The van der Waals surface area contributed by atoms with Gasteiger partial charge in [0.1, 0.15) is 0 Å². The lowest BCUT2D eigenvalue weighted by atomic mass is 10.1. The maximum absolute atomic E-state index is 11.8. The number of nitrogens with zero attached hydrogens (tertiary/aromatic N) is 3. The Morgan fingerprint density at radius 3 is 2.78 bits per heavy atom. The average Bonchev–Trinajstić information content (AvgIpc) is 3.21. The molecule has 5 heteroatoms. The highest BCUT2D eigenvalue weighted by molar-refractivity contribution is 6.03. The number of hydrogen-bond acceptors (Lipinski definition) is 4. The lowest BCUT2D eigenvalue weighted by Gasteiger charge is -2.15. The Kier molecular flexibility index (Phi) is 3.65. The van der Waals surface area contributed by atoms with Crippen LogP contribution in [0.2, 0.25) is 0 Å². The highest BCUT2D eigenvalue weighted by Gasteiger charge is 2.15. The van der Waals surface area contributed by atoms with E-state index in [1.165, 1.54) is 25.9 Å². The second-order valence-electron chi connectivity index (χ2n) is 6.22. The van der Waals surface area contributed by atoms with E-state index in [9.17, 15) is 4.79 Å². The monoisotopic (exact) mass is 311 g/mol. The van der Waals surface area contributed by atoms with Crippen LogP contribution in [0.25, 0.3) is 21.9 Å². The first kappa shape index (κ1) is 14.5. The fourth-order valence-electron chi connectivity index (χ4n) is 3.58. The summed E-state index contributed by atoms with van der Waals surface area (Å²) in [5.74, 6) is -0.505. The van der Waals surface area contributed by atoms with E-state index in [0.29, 0.717) is 5.58 Å². The molecule has 3 aromatic rings. The molecule has 0 radical (unpaired) electrons. The maximum atomic E-state index is 11.8.